The number of nitrogens with zero attached hydrogens (tertiary/aromatic N) is 3. The van der Waals surface area contributed by atoms with Crippen molar-refractivity contribution in [3.8, 4) is 0 Å². The van der Waals surface area contributed by atoms with Crippen molar-refractivity contribution in [2.75, 3.05) is 32.1 Å². The second-order valence-electron chi connectivity index (χ2n) is 7.09. The second kappa shape index (κ2) is 12.4. The molecule has 2 N–H and O–H groups in total. The van der Waals surface area contributed by atoms with Gasteiger partial charge in [-0.2, -0.15) is 0 Å². The number of ether oxygens (including phenoxy) is 1. The quantitative estimate of drug-likeness (QED) is 0.447. The van der Waals surface area contributed by atoms with Crippen LogP contribution in [0, 0.1) is 0 Å². The van der Waals surface area contributed by atoms with Gasteiger partial charge in [0.05, 0.1) is 18.7 Å². The van der Waals surface area contributed by atoms with Gasteiger partial charge >= 0.3 is 0 Å². The SMILES string of the molecule is COCCN(CC(=O)Nc1nc(CC(=O)NCc2ccncc2)cs1)C(=O)c1ccccc1. The van der Waals surface area contributed by atoms with E-state index in [1.165, 1.54) is 23.3 Å². The van der Waals surface area contributed by atoms with Crippen LogP contribution in [0.2, 0.25) is 0 Å². The number of aromatic nitrogens is 2. The Morgan fingerprint density at radius 1 is 1.06 bits per heavy atom. The molecule has 172 valence electrons. The number of anilines is 1. The van der Waals surface area contributed by atoms with Crippen molar-refractivity contribution in [1.29, 1.82) is 0 Å². The van der Waals surface area contributed by atoms with Crippen molar-refractivity contribution in [2.45, 2.75) is 13.0 Å². The topological polar surface area (TPSA) is 114 Å². The van der Waals surface area contributed by atoms with Crippen LogP contribution in [0.5, 0.6) is 0 Å². The smallest absolute Gasteiger partial charge is 0.254 e. The molecule has 9 nitrogen and oxygen atoms in total. The molecule has 1 aromatic carbocycles. The van der Waals surface area contributed by atoms with Gasteiger partial charge in [0.2, 0.25) is 11.8 Å². The van der Waals surface area contributed by atoms with Crippen LogP contribution >= 0.6 is 11.3 Å². The molecule has 0 aliphatic rings. The predicted molar refractivity (Wildman–Crippen MR) is 125 cm³/mol. The maximum absolute atomic E-state index is 12.8. The number of thiazole rings is 1. The maximum Gasteiger partial charge on any atom is 0.254 e. The summed E-state index contributed by atoms with van der Waals surface area (Å²) >= 11 is 1.22. The van der Waals surface area contributed by atoms with Gasteiger partial charge in [0.15, 0.2) is 5.13 Å². The fourth-order valence-electron chi connectivity index (χ4n) is 2.92. The molecule has 3 aromatic rings. The minimum Gasteiger partial charge on any atom is -0.383 e. The lowest BCUT2D eigenvalue weighted by molar-refractivity contribution is -0.120. The normalized spacial score (nSPS) is 10.5. The molecule has 2 aromatic heterocycles. The Hall–Kier alpha value is -3.63. The lowest BCUT2D eigenvalue weighted by Crippen LogP contribution is -2.40. The van der Waals surface area contributed by atoms with Gasteiger partial charge in [-0.1, -0.05) is 18.2 Å². The number of hydrogen-bond donors (Lipinski definition) is 2. The van der Waals surface area contributed by atoms with E-state index in [4.69, 9.17) is 4.74 Å². The van der Waals surface area contributed by atoms with Crippen LogP contribution in [-0.2, 0) is 27.3 Å². The van der Waals surface area contributed by atoms with Gasteiger partial charge in [-0.25, -0.2) is 4.98 Å². The third-order valence-electron chi connectivity index (χ3n) is 4.59. The van der Waals surface area contributed by atoms with Crippen LogP contribution in [0.4, 0.5) is 5.13 Å². The molecule has 0 saturated heterocycles. The highest BCUT2D eigenvalue weighted by Gasteiger charge is 2.19. The standard InChI is InChI=1S/C23H25N5O4S/c1-32-12-11-28(22(31)18-5-3-2-4-6-18)15-21(30)27-23-26-19(16-33-23)13-20(29)25-14-17-7-9-24-10-8-17/h2-10,16H,11-15H2,1H3,(H,25,29)(H,26,27,30). The number of hydrogen-bond acceptors (Lipinski definition) is 7. The molecule has 0 bridgehead atoms. The zero-order valence-corrected chi connectivity index (χ0v) is 19.0. The molecule has 0 radical (unpaired) electrons. The van der Waals surface area contributed by atoms with Crippen molar-refractivity contribution >= 4 is 34.2 Å². The first-order valence-corrected chi connectivity index (χ1v) is 11.2. The number of amides is 3. The van der Waals surface area contributed by atoms with Crippen molar-refractivity contribution in [3.05, 3.63) is 77.1 Å². The van der Waals surface area contributed by atoms with Crippen LogP contribution < -0.4 is 10.6 Å². The molecule has 33 heavy (non-hydrogen) atoms. The Morgan fingerprint density at radius 2 is 1.82 bits per heavy atom. The Morgan fingerprint density at radius 3 is 2.55 bits per heavy atom. The number of pyridine rings is 1. The summed E-state index contributed by atoms with van der Waals surface area (Å²) in [5.74, 6) is -0.805. The second-order valence-corrected chi connectivity index (χ2v) is 7.94. The highest BCUT2D eigenvalue weighted by molar-refractivity contribution is 7.13. The minimum atomic E-state index is -0.376. The van der Waals surface area contributed by atoms with Crippen molar-refractivity contribution in [3.63, 3.8) is 0 Å². The number of carbonyl (C=O) groups is 3. The molecule has 3 amide bonds. The molecular weight excluding hydrogens is 442 g/mol. The van der Waals surface area contributed by atoms with E-state index < -0.39 is 0 Å². The molecule has 0 fully saturated rings. The molecule has 0 atom stereocenters. The van der Waals surface area contributed by atoms with E-state index in [2.05, 4.69) is 20.6 Å². The third kappa shape index (κ3) is 7.78. The van der Waals surface area contributed by atoms with Crippen LogP contribution in [0.25, 0.3) is 0 Å². The summed E-state index contributed by atoms with van der Waals surface area (Å²) in [6.07, 6.45) is 3.44. The molecule has 0 unspecified atom stereocenters. The maximum atomic E-state index is 12.8. The summed E-state index contributed by atoms with van der Waals surface area (Å²) in [5, 5.41) is 7.62. The molecule has 3 rings (SSSR count). The van der Waals surface area contributed by atoms with Gasteiger partial charge in [0.25, 0.3) is 5.91 Å². The van der Waals surface area contributed by atoms with Gasteiger partial charge in [-0.15, -0.1) is 11.3 Å². The van der Waals surface area contributed by atoms with Crippen LogP contribution in [0.3, 0.4) is 0 Å². The van der Waals surface area contributed by atoms with Gasteiger partial charge < -0.3 is 20.3 Å². The van der Waals surface area contributed by atoms with Gasteiger partial charge in [0.1, 0.15) is 6.54 Å². The van der Waals surface area contributed by atoms with E-state index in [0.717, 1.165) is 5.56 Å². The molecule has 0 aliphatic heterocycles. The number of rotatable bonds is 11. The summed E-state index contributed by atoms with van der Waals surface area (Å²) in [4.78, 5) is 47.1. The van der Waals surface area contributed by atoms with E-state index in [9.17, 15) is 14.4 Å². The minimum absolute atomic E-state index is 0.101. The molecule has 0 spiro atoms. The molecule has 10 heteroatoms. The molecule has 0 saturated carbocycles. The highest BCUT2D eigenvalue weighted by Crippen LogP contribution is 2.16. The van der Waals surface area contributed by atoms with Crippen molar-refractivity contribution in [2.24, 2.45) is 0 Å². The molecule has 0 aliphatic carbocycles. The Labute approximate surface area is 195 Å². The van der Waals surface area contributed by atoms with Crippen LogP contribution in [0.15, 0.2) is 60.2 Å². The van der Waals surface area contributed by atoms with Crippen LogP contribution in [0.1, 0.15) is 21.6 Å². The predicted octanol–water partition coefficient (Wildman–Crippen LogP) is 2.12. The highest BCUT2D eigenvalue weighted by atomic mass is 32.1. The monoisotopic (exact) mass is 467 g/mol. The number of nitrogens with one attached hydrogen (secondary N) is 2. The first kappa shape index (κ1) is 24.0. The van der Waals surface area contributed by atoms with E-state index in [0.29, 0.717) is 29.5 Å². The van der Waals surface area contributed by atoms with E-state index in [1.54, 1.807) is 42.0 Å². The fourth-order valence-corrected chi connectivity index (χ4v) is 3.65. The first-order valence-electron chi connectivity index (χ1n) is 10.3. The van der Waals surface area contributed by atoms with E-state index in [1.807, 2.05) is 18.2 Å². The van der Waals surface area contributed by atoms with E-state index in [-0.39, 0.29) is 37.2 Å². The van der Waals surface area contributed by atoms with Gasteiger partial charge in [-0.3, -0.25) is 19.4 Å². The Bertz CT molecular complexity index is 1060. The number of methoxy groups -OCH3 is 1. The van der Waals surface area contributed by atoms with Crippen LogP contribution in [-0.4, -0.2) is 59.4 Å². The summed E-state index contributed by atoms with van der Waals surface area (Å²) in [5.41, 5.74) is 2.00. The first-order chi connectivity index (χ1) is 16.0. The van der Waals surface area contributed by atoms with Gasteiger partial charge in [-0.05, 0) is 29.8 Å². The summed E-state index contributed by atoms with van der Waals surface area (Å²) in [6, 6.07) is 12.4. The Balaban J connectivity index is 1.51. The lowest BCUT2D eigenvalue weighted by Gasteiger charge is -2.21. The summed E-state index contributed by atoms with van der Waals surface area (Å²) in [7, 11) is 1.54. The lowest BCUT2D eigenvalue weighted by atomic mass is 10.2. The molecule has 2 heterocycles. The number of benzene rings is 1. The Kier molecular flexibility index (Phi) is 9.04. The largest absolute Gasteiger partial charge is 0.383 e. The third-order valence-corrected chi connectivity index (χ3v) is 5.39. The van der Waals surface area contributed by atoms with Crippen molar-refractivity contribution in [1.82, 2.24) is 20.2 Å². The summed E-state index contributed by atoms with van der Waals surface area (Å²) in [6.45, 7) is 0.848. The summed E-state index contributed by atoms with van der Waals surface area (Å²) < 4.78 is 5.07. The van der Waals surface area contributed by atoms with E-state index >= 15 is 0 Å². The van der Waals surface area contributed by atoms with Crippen molar-refractivity contribution < 1.29 is 19.1 Å². The average Bonchev–Trinajstić information content (AvgIpc) is 3.27. The number of carbonyl (C=O) groups excluding carboxylic acids is 3. The average molecular weight is 468 g/mol. The zero-order valence-electron chi connectivity index (χ0n) is 18.2. The molecular formula is C23H25N5O4S. The zero-order chi connectivity index (χ0) is 23.5. The van der Waals surface area contributed by atoms with Gasteiger partial charge in [0, 0.05) is 43.5 Å². The fraction of sp³-hybridized carbons (Fsp3) is 0.261.